The molecule has 0 spiro atoms. The molecular formula is C18H22N4O2. The number of nitrogens with zero attached hydrogens (tertiary/aromatic N) is 4. The van der Waals surface area contributed by atoms with Crippen molar-refractivity contribution < 1.29 is 4.79 Å². The standard InChI is InChI=1S/C18H22N4O2/c23-17(14-21-12-6-11-20-18(21)24)22(16-8-2-1-3-9-16)13-15-7-4-5-10-19-15/h4-7,10-12,16H,1-3,8-9,13-14H2. The van der Waals surface area contributed by atoms with E-state index < -0.39 is 5.69 Å². The van der Waals surface area contributed by atoms with Gasteiger partial charge in [-0.1, -0.05) is 25.3 Å². The van der Waals surface area contributed by atoms with Crippen molar-refractivity contribution in [3.8, 4) is 0 Å². The first-order chi connectivity index (χ1) is 11.7. The third-order valence-electron chi connectivity index (χ3n) is 4.48. The molecule has 1 saturated carbocycles. The van der Waals surface area contributed by atoms with Gasteiger partial charge < -0.3 is 4.90 Å². The number of carbonyl (C=O) groups is 1. The van der Waals surface area contributed by atoms with Gasteiger partial charge in [0.05, 0.1) is 12.2 Å². The number of hydrogen-bond acceptors (Lipinski definition) is 4. The van der Waals surface area contributed by atoms with E-state index >= 15 is 0 Å². The second-order valence-electron chi connectivity index (χ2n) is 6.16. The first-order valence-corrected chi connectivity index (χ1v) is 8.45. The van der Waals surface area contributed by atoms with Gasteiger partial charge in [-0.15, -0.1) is 0 Å². The smallest absolute Gasteiger partial charge is 0.332 e. The molecule has 0 N–H and O–H groups in total. The normalized spacial score (nSPS) is 15.2. The van der Waals surface area contributed by atoms with Crippen molar-refractivity contribution in [1.82, 2.24) is 19.4 Å². The number of hydrogen-bond donors (Lipinski definition) is 0. The van der Waals surface area contributed by atoms with Gasteiger partial charge in [0.25, 0.3) is 0 Å². The molecule has 0 bridgehead atoms. The van der Waals surface area contributed by atoms with Crippen LogP contribution in [-0.4, -0.2) is 31.4 Å². The summed E-state index contributed by atoms with van der Waals surface area (Å²) in [6.07, 6.45) is 10.3. The Balaban J connectivity index is 1.79. The molecule has 2 aromatic rings. The average molecular weight is 326 g/mol. The van der Waals surface area contributed by atoms with E-state index in [0.717, 1.165) is 31.4 Å². The Kier molecular flexibility index (Phi) is 5.36. The van der Waals surface area contributed by atoms with E-state index in [4.69, 9.17) is 0 Å². The molecule has 2 heterocycles. The van der Waals surface area contributed by atoms with Crippen molar-refractivity contribution in [1.29, 1.82) is 0 Å². The molecule has 0 atom stereocenters. The molecule has 2 aromatic heterocycles. The molecule has 1 aliphatic carbocycles. The molecule has 0 aromatic carbocycles. The van der Waals surface area contributed by atoms with Crippen LogP contribution < -0.4 is 5.69 Å². The van der Waals surface area contributed by atoms with Gasteiger partial charge in [-0.2, -0.15) is 0 Å². The van der Waals surface area contributed by atoms with E-state index in [0.29, 0.717) is 6.54 Å². The third kappa shape index (κ3) is 4.07. The van der Waals surface area contributed by atoms with E-state index in [1.54, 1.807) is 18.5 Å². The number of rotatable bonds is 5. The second-order valence-corrected chi connectivity index (χ2v) is 6.16. The van der Waals surface area contributed by atoms with Crippen molar-refractivity contribution in [2.24, 2.45) is 0 Å². The fourth-order valence-corrected chi connectivity index (χ4v) is 3.22. The van der Waals surface area contributed by atoms with Crippen molar-refractivity contribution in [3.63, 3.8) is 0 Å². The Bertz CT molecular complexity index is 723. The van der Waals surface area contributed by atoms with Gasteiger partial charge in [-0.25, -0.2) is 9.78 Å². The van der Waals surface area contributed by atoms with Gasteiger partial charge in [0.15, 0.2) is 0 Å². The molecule has 0 aliphatic heterocycles. The van der Waals surface area contributed by atoms with Crippen molar-refractivity contribution >= 4 is 5.91 Å². The Hall–Kier alpha value is -2.50. The van der Waals surface area contributed by atoms with Gasteiger partial charge in [0.2, 0.25) is 5.91 Å². The molecular weight excluding hydrogens is 304 g/mol. The van der Waals surface area contributed by atoms with Crippen molar-refractivity contribution in [2.45, 2.75) is 51.2 Å². The summed E-state index contributed by atoms with van der Waals surface area (Å²) < 4.78 is 1.36. The first-order valence-electron chi connectivity index (χ1n) is 8.45. The van der Waals surface area contributed by atoms with Gasteiger partial charge >= 0.3 is 5.69 Å². The van der Waals surface area contributed by atoms with Crippen LogP contribution in [0.4, 0.5) is 0 Å². The van der Waals surface area contributed by atoms with E-state index in [-0.39, 0.29) is 18.5 Å². The van der Waals surface area contributed by atoms with Crippen LogP contribution in [0.15, 0.2) is 47.7 Å². The molecule has 6 heteroatoms. The van der Waals surface area contributed by atoms with Gasteiger partial charge in [-0.3, -0.25) is 14.3 Å². The zero-order valence-electron chi connectivity index (χ0n) is 13.7. The van der Waals surface area contributed by atoms with Gasteiger partial charge in [0.1, 0.15) is 6.54 Å². The fourth-order valence-electron chi connectivity index (χ4n) is 3.22. The lowest BCUT2D eigenvalue weighted by Gasteiger charge is -2.34. The highest BCUT2D eigenvalue weighted by Gasteiger charge is 2.26. The van der Waals surface area contributed by atoms with E-state index in [1.165, 1.54) is 17.2 Å². The number of pyridine rings is 1. The minimum Gasteiger partial charge on any atom is -0.332 e. The van der Waals surface area contributed by atoms with Crippen molar-refractivity contribution in [2.75, 3.05) is 0 Å². The zero-order chi connectivity index (χ0) is 16.8. The van der Waals surface area contributed by atoms with Crippen LogP contribution in [-0.2, 0) is 17.9 Å². The summed E-state index contributed by atoms with van der Waals surface area (Å²) in [5.74, 6) is -0.0531. The van der Waals surface area contributed by atoms with Crippen LogP contribution in [0.5, 0.6) is 0 Å². The lowest BCUT2D eigenvalue weighted by Crippen LogP contribution is -2.44. The Labute approximate surface area is 141 Å². The summed E-state index contributed by atoms with van der Waals surface area (Å²) in [5.41, 5.74) is 0.474. The highest BCUT2D eigenvalue weighted by Crippen LogP contribution is 2.24. The van der Waals surface area contributed by atoms with E-state index in [2.05, 4.69) is 9.97 Å². The van der Waals surface area contributed by atoms with Crippen LogP contribution in [0.25, 0.3) is 0 Å². The summed E-state index contributed by atoms with van der Waals surface area (Å²) in [5, 5.41) is 0. The fraction of sp³-hybridized carbons (Fsp3) is 0.444. The topological polar surface area (TPSA) is 68.1 Å². The molecule has 0 saturated heterocycles. The van der Waals surface area contributed by atoms with Crippen molar-refractivity contribution in [3.05, 3.63) is 59.0 Å². The summed E-state index contributed by atoms with van der Waals surface area (Å²) in [4.78, 5) is 34.6. The van der Waals surface area contributed by atoms with Crippen LogP contribution in [0.1, 0.15) is 37.8 Å². The van der Waals surface area contributed by atoms with Gasteiger partial charge in [0, 0.05) is 24.6 Å². The lowest BCUT2D eigenvalue weighted by atomic mass is 9.94. The Morgan fingerprint density at radius 3 is 2.62 bits per heavy atom. The summed E-state index contributed by atoms with van der Waals surface area (Å²) in [6.45, 7) is 0.509. The van der Waals surface area contributed by atoms with Crippen LogP contribution >= 0.6 is 0 Å². The molecule has 0 unspecified atom stereocenters. The molecule has 3 rings (SSSR count). The maximum atomic E-state index is 12.9. The quantitative estimate of drug-likeness (QED) is 0.843. The highest BCUT2D eigenvalue weighted by atomic mass is 16.2. The summed E-state index contributed by atoms with van der Waals surface area (Å²) >= 11 is 0. The van der Waals surface area contributed by atoms with Crippen LogP contribution in [0.2, 0.25) is 0 Å². The predicted molar refractivity (Wildman–Crippen MR) is 90.2 cm³/mol. The molecule has 24 heavy (non-hydrogen) atoms. The molecule has 1 fully saturated rings. The van der Waals surface area contributed by atoms with Crippen LogP contribution in [0, 0.1) is 0 Å². The number of aromatic nitrogens is 3. The highest BCUT2D eigenvalue weighted by molar-refractivity contribution is 5.76. The maximum absolute atomic E-state index is 12.9. The van der Waals surface area contributed by atoms with E-state index in [1.807, 2.05) is 23.1 Å². The first kappa shape index (κ1) is 16.4. The average Bonchev–Trinajstić information content (AvgIpc) is 2.63. The lowest BCUT2D eigenvalue weighted by molar-refractivity contribution is -0.135. The third-order valence-corrected chi connectivity index (χ3v) is 4.48. The Morgan fingerprint density at radius 1 is 1.12 bits per heavy atom. The maximum Gasteiger partial charge on any atom is 0.347 e. The molecule has 6 nitrogen and oxygen atoms in total. The van der Waals surface area contributed by atoms with Crippen LogP contribution in [0.3, 0.4) is 0 Å². The number of amides is 1. The largest absolute Gasteiger partial charge is 0.347 e. The second kappa shape index (κ2) is 7.86. The molecule has 0 radical (unpaired) electrons. The SMILES string of the molecule is O=C(Cn1cccnc1=O)N(Cc1ccccn1)C1CCCCC1. The number of carbonyl (C=O) groups excluding carboxylic acids is 1. The molecule has 1 aliphatic rings. The van der Waals surface area contributed by atoms with E-state index in [9.17, 15) is 9.59 Å². The zero-order valence-corrected chi connectivity index (χ0v) is 13.7. The molecule has 126 valence electrons. The van der Waals surface area contributed by atoms with Gasteiger partial charge in [-0.05, 0) is 31.0 Å². The monoisotopic (exact) mass is 326 g/mol. The summed E-state index contributed by atoms with van der Waals surface area (Å²) in [7, 11) is 0. The predicted octanol–water partition coefficient (Wildman–Crippen LogP) is 2.00. The minimum atomic E-state index is -0.396. The summed E-state index contributed by atoms with van der Waals surface area (Å²) in [6, 6.07) is 7.61. The minimum absolute atomic E-state index is 0.0238. The Morgan fingerprint density at radius 2 is 1.92 bits per heavy atom. The molecule has 1 amide bonds.